The summed E-state index contributed by atoms with van der Waals surface area (Å²) in [5.74, 6) is 0.888. The largest absolute Gasteiger partial charge is 0.464 e. The van der Waals surface area contributed by atoms with Gasteiger partial charge in [0.25, 0.3) is 0 Å². The minimum absolute atomic E-state index is 0.231. The standard InChI is InChI=1S/C46H33N5O/c1-2-6-35(7-3-1)46-50-39-18-19-43-44(45(39)52-46)38-8-4-5-9-42(38)51(43)37-16-14-33(15-17-37)40-28-36(29-41(49-40)34-22-26-48-27-23-34)31-12-10-30(11-13-31)32-20-24-47-25-21-32/h1-24,26-29,46-47,50H,25H2. The Morgan fingerprint density at radius 1 is 0.635 bits per heavy atom. The van der Waals surface area contributed by atoms with Crippen LogP contribution in [0.15, 0.2) is 170 Å². The first-order valence-corrected chi connectivity index (χ1v) is 17.6. The summed E-state index contributed by atoms with van der Waals surface area (Å²) in [6.45, 7) is 0.842. The van der Waals surface area contributed by atoms with Crippen LogP contribution in [-0.4, -0.2) is 21.1 Å². The first-order valence-electron chi connectivity index (χ1n) is 17.6. The van der Waals surface area contributed by atoms with Crippen LogP contribution in [0, 0.1) is 0 Å². The van der Waals surface area contributed by atoms with Crippen molar-refractivity contribution in [2.24, 2.45) is 0 Å². The second-order valence-corrected chi connectivity index (χ2v) is 13.1. The number of fused-ring (bicyclic) bond motifs is 5. The average molecular weight is 672 g/mol. The Morgan fingerprint density at radius 3 is 2.12 bits per heavy atom. The highest BCUT2D eigenvalue weighted by atomic mass is 16.5. The van der Waals surface area contributed by atoms with Gasteiger partial charge in [-0.3, -0.25) is 4.98 Å². The molecule has 6 heteroatoms. The van der Waals surface area contributed by atoms with E-state index in [0.717, 1.165) is 84.7 Å². The lowest BCUT2D eigenvalue weighted by Crippen LogP contribution is -2.09. The fourth-order valence-corrected chi connectivity index (χ4v) is 7.43. The van der Waals surface area contributed by atoms with E-state index >= 15 is 0 Å². The second kappa shape index (κ2) is 12.4. The Labute approximate surface area is 301 Å². The third-order valence-corrected chi connectivity index (χ3v) is 10.0. The molecular formula is C46H33N5O. The van der Waals surface area contributed by atoms with E-state index in [9.17, 15) is 0 Å². The number of allylic oxidation sites excluding steroid dienone is 2. The maximum absolute atomic E-state index is 6.63. The fraction of sp³-hybridized carbons (Fsp3) is 0.0435. The average Bonchev–Trinajstić information content (AvgIpc) is 3.82. The SMILES string of the molecule is C1=CC(c2ccc(-c3cc(-c4ccncc4)nc(-c4ccc(-n5c6ccccc6c6c7c(ccc65)NC(c5ccccc5)O7)cc4)c3)cc2)=CCN1. The molecule has 0 radical (unpaired) electrons. The van der Waals surface area contributed by atoms with Gasteiger partial charge in [0, 0.05) is 46.7 Å². The summed E-state index contributed by atoms with van der Waals surface area (Å²) in [4.78, 5) is 9.41. The lowest BCUT2D eigenvalue weighted by atomic mass is 9.97. The first kappa shape index (κ1) is 29.9. The van der Waals surface area contributed by atoms with Crippen LogP contribution in [0.1, 0.15) is 17.4 Å². The van der Waals surface area contributed by atoms with Crippen molar-refractivity contribution in [3.63, 3.8) is 0 Å². The Balaban J connectivity index is 1.04. The van der Waals surface area contributed by atoms with Crippen LogP contribution in [0.25, 0.3) is 66.7 Å². The van der Waals surface area contributed by atoms with Crippen LogP contribution in [-0.2, 0) is 0 Å². The zero-order valence-corrected chi connectivity index (χ0v) is 28.2. The number of hydrogen-bond acceptors (Lipinski definition) is 5. The molecule has 0 aliphatic carbocycles. The third-order valence-electron chi connectivity index (χ3n) is 10.0. The van der Waals surface area contributed by atoms with E-state index in [1.54, 1.807) is 0 Å². The fourth-order valence-electron chi connectivity index (χ4n) is 7.43. The summed E-state index contributed by atoms with van der Waals surface area (Å²) < 4.78 is 8.96. The quantitative estimate of drug-likeness (QED) is 0.184. The number of hydrogen-bond donors (Lipinski definition) is 2. The number of nitrogens with zero attached hydrogens (tertiary/aromatic N) is 3. The van der Waals surface area contributed by atoms with Crippen LogP contribution in [0.4, 0.5) is 5.69 Å². The van der Waals surface area contributed by atoms with E-state index in [0.29, 0.717) is 0 Å². The van der Waals surface area contributed by atoms with Crippen molar-refractivity contribution in [2.75, 3.05) is 11.9 Å². The number of dihydropyridines is 1. The number of ether oxygens (including phenoxy) is 1. The molecule has 1 atom stereocenters. The Hall–Kier alpha value is -6.92. The van der Waals surface area contributed by atoms with E-state index in [4.69, 9.17) is 9.72 Å². The van der Waals surface area contributed by atoms with Crippen LogP contribution in [0.5, 0.6) is 5.75 Å². The second-order valence-electron chi connectivity index (χ2n) is 13.1. The van der Waals surface area contributed by atoms with Gasteiger partial charge in [0.15, 0.2) is 12.0 Å². The van der Waals surface area contributed by atoms with Crippen molar-refractivity contribution in [2.45, 2.75) is 6.23 Å². The van der Waals surface area contributed by atoms with E-state index in [1.165, 1.54) is 11.1 Å². The van der Waals surface area contributed by atoms with Crippen LogP contribution >= 0.6 is 0 Å². The molecule has 0 saturated heterocycles. The summed E-state index contributed by atoms with van der Waals surface area (Å²) in [5, 5.41) is 9.08. The highest BCUT2D eigenvalue weighted by Crippen LogP contribution is 2.47. The Kier molecular flexibility index (Phi) is 7.17. The molecule has 0 saturated carbocycles. The molecule has 2 aliphatic heterocycles. The number of pyridine rings is 2. The van der Waals surface area contributed by atoms with E-state index in [-0.39, 0.29) is 6.23 Å². The molecule has 0 amide bonds. The van der Waals surface area contributed by atoms with Crippen LogP contribution in [0.3, 0.4) is 0 Å². The molecule has 0 spiro atoms. The van der Waals surface area contributed by atoms with Gasteiger partial charge >= 0.3 is 0 Å². The van der Waals surface area contributed by atoms with Crippen LogP contribution < -0.4 is 15.4 Å². The van der Waals surface area contributed by atoms with Gasteiger partial charge in [-0.2, -0.15) is 0 Å². The highest BCUT2D eigenvalue weighted by molar-refractivity contribution is 6.14. The molecule has 10 rings (SSSR count). The van der Waals surface area contributed by atoms with Crippen molar-refractivity contribution < 1.29 is 4.74 Å². The van der Waals surface area contributed by atoms with E-state index < -0.39 is 0 Å². The van der Waals surface area contributed by atoms with Crippen LogP contribution in [0.2, 0.25) is 0 Å². The molecule has 3 aromatic heterocycles. The summed E-state index contributed by atoms with van der Waals surface area (Å²) >= 11 is 0. The first-order chi connectivity index (χ1) is 25.8. The van der Waals surface area contributed by atoms with Crippen molar-refractivity contribution >= 4 is 33.1 Å². The predicted molar refractivity (Wildman–Crippen MR) is 211 cm³/mol. The molecular weight excluding hydrogens is 639 g/mol. The number of benzene rings is 5. The zero-order chi connectivity index (χ0) is 34.4. The number of nitrogens with one attached hydrogen (secondary N) is 2. The lowest BCUT2D eigenvalue weighted by Gasteiger charge is -2.13. The number of rotatable bonds is 6. The zero-order valence-electron chi connectivity index (χ0n) is 28.2. The maximum atomic E-state index is 6.63. The van der Waals surface area contributed by atoms with Gasteiger partial charge in [-0.25, -0.2) is 4.98 Å². The molecule has 52 heavy (non-hydrogen) atoms. The Bertz CT molecular complexity index is 2660. The summed E-state index contributed by atoms with van der Waals surface area (Å²) in [7, 11) is 0. The molecule has 5 aromatic carbocycles. The van der Waals surface area contributed by atoms with Gasteiger partial charge in [0.2, 0.25) is 0 Å². The van der Waals surface area contributed by atoms with E-state index in [1.807, 2.05) is 48.9 Å². The summed E-state index contributed by atoms with van der Waals surface area (Å²) in [5.41, 5.74) is 14.0. The predicted octanol–water partition coefficient (Wildman–Crippen LogP) is 10.6. The molecule has 0 fully saturated rings. The Morgan fingerprint density at radius 2 is 1.35 bits per heavy atom. The van der Waals surface area contributed by atoms with Gasteiger partial charge < -0.3 is 19.9 Å². The van der Waals surface area contributed by atoms with Gasteiger partial charge in [-0.15, -0.1) is 0 Å². The lowest BCUT2D eigenvalue weighted by molar-refractivity contribution is 0.263. The smallest absolute Gasteiger partial charge is 0.196 e. The van der Waals surface area contributed by atoms with Crippen molar-refractivity contribution in [3.05, 3.63) is 181 Å². The van der Waals surface area contributed by atoms with Crippen molar-refractivity contribution in [3.8, 4) is 45.1 Å². The summed E-state index contributed by atoms with van der Waals surface area (Å²) in [6.07, 6.45) is 9.74. The minimum Gasteiger partial charge on any atom is -0.464 e. The molecule has 8 aromatic rings. The topological polar surface area (TPSA) is 64.0 Å². The minimum atomic E-state index is -0.231. The van der Waals surface area contributed by atoms with Gasteiger partial charge in [0.05, 0.1) is 33.5 Å². The molecule has 1 unspecified atom stereocenters. The summed E-state index contributed by atoms with van der Waals surface area (Å²) in [6, 6.07) is 49.1. The number of anilines is 1. The maximum Gasteiger partial charge on any atom is 0.196 e. The molecule has 248 valence electrons. The molecule has 2 aliphatic rings. The molecule has 0 bridgehead atoms. The normalized spacial score (nSPS) is 14.8. The molecule has 5 heterocycles. The van der Waals surface area contributed by atoms with Crippen molar-refractivity contribution in [1.82, 2.24) is 19.9 Å². The number of para-hydroxylation sites is 1. The van der Waals surface area contributed by atoms with Gasteiger partial charge in [-0.05, 0) is 89.1 Å². The third kappa shape index (κ3) is 5.20. The monoisotopic (exact) mass is 671 g/mol. The highest BCUT2D eigenvalue weighted by Gasteiger charge is 2.28. The van der Waals surface area contributed by atoms with Gasteiger partial charge in [0.1, 0.15) is 0 Å². The van der Waals surface area contributed by atoms with Crippen molar-refractivity contribution in [1.29, 1.82) is 0 Å². The van der Waals surface area contributed by atoms with E-state index in [2.05, 4.69) is 142 Å². The molecule has 6 nitrogen and oxygen atoms in total. The number of aromatic nitrogens is 3. The van der Waals surface area contributed by atoms with Gasteiger partial charge in [-0.1, -0.05) is 91.0 Å². The molecule has 2 N–H and O–H groups in total.